The van der Waals surface area contributed by atoms with Crippen molar-refractivity contribution in [3.8, 4) is 0 Å². The highest BCUT2D eigenvalue weighted by Crippen LogP contribution is 2.28. The van der Waals surface area contributed by atoms with E-state index in [1.165, 1.54) is 9.88 Å². The lowest BCUT2D eigenvalue weighted by atomic mass is 10.1. The number of hydrogen-bond acceptors (Lipinski definition) is 3. The van der Waals surface area contributed by atoms with E-state index in [1.54, 1.807) is 0 Å². The summed E-state index contributed by atoms with van der Waals surface area (Å²) in [5, 5.41) is 4.58. The molecule has 2 heterocycles. The molecule has 1 aliphatic heterocycles. The van der Waals surface area contributed by atoms with Crippen LogP contribution >= 0.6 is 11.3 Å². The van der Waals surface area contributed by atoms with Crippen LogP contribution in [0.1, 0.15) is 35.6 Å². The molecule has 0 atom stereocenters. The van der Waals surface area contributed by atoms with Crippen molar-refractivity contribution in [1.82, 2.24) is 10.3 Å². The van der Waals surface area contributed by atoms with E-state index >= 15 is 0 Å². The van der Waals surface area contributed by atoms with Crippen molar-refractivity contribution < 1.29 is 0 Å². The van der Waals surface area contributed by atoms with Crippen LogP contribution in [0.2, 0.25) is 0 Å². The summed E-state index contributed by atoms with van der Waals surface area (Å²) < 4.78 is 0. The SMILES string of the molecule is CC(C)c1cnc(C2CNC2)s1. The molecule has 0 aromatic carbocycles. The highest BCUT2D eigenvalue weighted by Gasteiger charge is 2.22. The van der Waals surface area contributed by atoms with Crippen LogP contribution in [0.4, 0.5) is 0 Å². The van der Waals surface area contributed by atoms with Gasteiger partial charge in [-0.05, 0) is 5.92 Å². The van der Waals surface area contributed by atoms with Gasteiger partial charge in [0.05, 0.1) is 5.01 Å². The van der Waals surface area contributed by atoms with Crippen LogP contribution in [0.15, 0.2) is 6.20 Å². The maximum Gasteiger partial charge on any atom is 0.0984 e. The molecule has 1 saturated heterocycles. The molecule has 1 N–H and O–H groups in total. The van der Waals surface area contributed by atoms with Crippen molar-refractivity contribution >= 4 is 11.3 Å². The van der Waals surface area contributed by atoms with Crippen LogP contribution in [0.5, 0.6) is 0 Å². The summed E-state index contributed by atoms with van der Waals surface area (Å²) in [7, 11) is 0. The maximum absolute atomic E-state index is 4.44. The van der Waals surface area contributed by atoms with Crippen LogP contribution in [-0.2, 0) is 0 Å². The molecular weight excluding hydrogens is 168 g/mol. The average Bonchev–Trinajstić information content (AvgIpc) is 2.32. The Morgan fingerprint density at radius 3 is 2.75 bits per heavy atom. The lowest BCUT2D eigenvalue weighted by Gasteiger charge is -2.24. The molecule has 0 radical (unpaired) electrons. The third-order valence-corrected chi connectivity index (χ3v) is 3.70. The molecule has 12 heavy (non-hydrogen) atoms. The minimum atomic E-state index is 0.629. The molecule has 1 aliphatic rings. The lowest BCUT2D eigenvalue weighted by Crippen LogP contribution is -2.39. The number of thiazole rings is 1. The van der Waals surface area contributed by atoms with E-state index in [-0.39, 0.29) is 0 Å². The molecule has 0 saturated carbocycles. The molecule has 2 rings (SSSR count). The van der Waals surface area contributed by atoms with E-state index in [1.807, 2.05) is 17.5 Å². The summed E-state index contributed by atoms with van der Waals surface area (Å²) in [6.07, 6.45) is 2.03. The van der Waals surface area contributed by atoms with E-state index in [9.17, 15) is 0 Å². The molecule has 1 aromatic rings. The predicted molar refractivity (Wildman–Crippen MR) is 51.8 cm³/mol. The van der Waals surface area contributed by atoms with Crippen molar-refractivity contribution in [2.24, 2.45) is 0 Å². The molecule has 1 fully saturated rings. The Morgan fingerprint density at radius 1 is 1.58 bits per heavy atom. The zero-order valence-corrected chi connectivity index (χ0v) is 8.32. The minimum Gasteiger partial charge on any atom is -0.315 e. The van der Waals surface area contributed by atoms with Gasteiger partial charge in [-0.3, -0.25) is 0 Å². The fourth-order valence-corrected chi connectivity index (χ4v) is 2.24. The summed E-state index contributed by atoms with van der Waals surface area (Å²) in [5.74, 6) is 1.33. The minimum absolute atomic E-state index is 0.629. The van der Waals surface area contributed by atoms with Gasteiger partial charge < -0.3 is 5.32 Å². The van der Waals surface area contributed by atoms with Gasteiger partial charge in [-0.15, -0.1) is 11.3 Å². The summed E-state index contributed by atoms with van der Waals surface area (Å²) in [6.45, 7) is 6.67. The van der Waals surface area contributed by atoms with Crippen LogP contribution in [-0.4, -0.2) is 18.1 Å². The first-order valence-electron chi connectivity index (χ1n) is 4.43. The predicted octanol–water partition coefficient (Wildman–Crippen LogP) is 1.95. The Labute approximate surface area is 77.0 Å². The van der Waals surface area contributed by atoms with Gasteiger partial charge >= 0.3 is 0 Å². The second-order valence-corrected chi connectivity index (χ2v) is 4.70. The monoisotopic (exact) mass is 182 g/mol. The summed E-state index contributed by atoms with van der Waals surface area (Å²) in [4.78, 5) is 5.85. The van der Waals surface area contributed by atoms with Crippen molar-refractivity contribution in [1.29, 1.82) is 0 Å². The third-order valence-electron chi connectivity index (χ3n) is 2.24. The standard InChI is InChI=1S/C9H14N2S/c1-6(2)8-5-11-9(12-8)7-3-10-4-7/h5-7,10H,3-4H2,1-2H3. The Kier molecular flexibility index (Phi) is 2.15. The summed E-state index contributed by atoms with van der Waals surface area (Å²) in [5.41, 5.74) is 0. The van der Waals surface area contributed by atoms with Gasteiger partial charge in [-0.25, -0.2) is 4.98 Å². The molecular formula is C9H14N2S. The number of hydrogen-bond donors (Lipinski definition) is 1. The second kappa shape index (κ2) is 3.15. The van der Waals surface area contributed by atoms with Crippen molar-refractivity contribution in [2.75, 3.05) is 13.1 Å². The first-order valence-corrected chi connectivity index (χ1v) is 5.25. The normalized spacial score (nSPS) is 18.2. The van der Waals surface area contributed by atoms with Gasteiger partial charge in [0, 0.05) is 30.1 Å². The Hall–Kier alpha value is -0.410. The van der Waals surface area contributed by atoms with E-state index < -0.39 is 0 Å². The quantitative estimate of drug-likeness (QED) is 0.756. The average molecular weight is 182 g/mol. The molecule has 0 aliphatic carbocycles. The van der Waals surface area contributed by atoms with Crippen LogP contribution in [0.3, 0.4) is 0 Å². The molecule has 0 unspecified atom stereocenters. The van der Waals surface area contributed by atoms with Gasteiger partial charge in [0.15, 0.2) is 0 Å². The molecule has 2 nitrogen and oxygen atoms in total. The molecule has 66 valence electrons. The number of nitrogens with zero attached hydrogens (tertiary/aromatic N) is 1. The van der Waals surface area contributed by atoms with Crippen molar-refractivity contribution in [3.05, 3.63) is 16.1 Å². The highest BCUT2D eigenvalue weighted by molar-refractivity contribution is 7.11. The Bertz CT molecular complexity index is 263. The van der Waals surface area contributed by atoms with Gasteiger partial charge in [0.2, 0.25) is 0 Å². The summed E-state index contributed by atoms with van der Waals surface area (Å²) >= 11 is 1.87. The molecule has 0 bridgehead atoms. The van der Waals surface area contributed by atoms with Gasteiger partial charge in [-0.2, -0.15) is 0 Å². The smallest absolute Gasteiger partial charge is 0.0984 e. The van der Waals surface area contributed by atoms with Crippen molar-refractivity contribution in [2.45, 2.75) is 25.7 Å². The first-order chi connectivity index (χ1) is 5.77. The van der Waals surface area contributed by atoms with E-state index in [2.05, 4.69) is 24.1 Å². The number of rotatable bonds is 2. The third kappa shape index (κ3) is 1.39. The fraction of sp³-hybridized carbons (Fsp3) is 0.667. The Balaban J connectivity index is 2.12. The molecule has 0 amide bonds. The Morgan fingerprint density at radius 2 is 2.33 bits per heavy atom. The highest BCUT2D eigenvalue weighted by atomic mass is 32.1. The topological polar surface area (TPSA) is 24.9 Å². The zero-order chi connectivity index (χ0) is 8.55. The lowest BCUT2D eigenvalue weighted by molar-refractivity contribution is 0.447. The van der Waals surface area contributed by atoms with Crippen LogP contribution < -0.4 is 5.32 Å². The molecule has 0 spiro atoms. The fourth-order valence-electron chi connectivity index (χ4n) is 1.22. The van der Waals surface area contributed by atoms with Gasteiger partial charge in [0.25, 0.3) is 0 Å². The second-order valence-electron chi connectivity index (χ2n) is 3.61. The number of nitrogens with one attached hydrogen (secondary N) is 1. The van der Waals surface area contributed by atoms with Gasteiger partial charge in [-0.1, -0.05) is 13.8 Å². The zero-order valence-electron chi connectivity index (χ0n) is 7.50. The maximum atomic E-state index is 4.44. The van der Waals surface area contributed by atoms with Crippen LogP contribution in [0.25, 0.3) is 0 Å². The van der Waals surface area contributed by atoms with Crippen LogP contribution in [0, 0.1) is 0 Å². The number of aromatic nitrogens is 1. The van der Waals surface area contributed by atoms with Gasteiger partial charge in [0.1, 0.15) is 0 Å². The van der Waals surface area contributed by atoms with Crippen molar-refractivity contribution in [3.63, 3.8) is 0 Å². The van der Waals surface area contributed by atoms with E-state index in [0.29, 0.717) is 11.8 Å². The largest absolute Gasteiger partial charge is 0.315 e. The summed E-state index contributed by atoms with van der Waals surface area (Å²) in [6, 6.07) is 0. The van der Waals surface area contributed by atoms with E-state index in [0.717, 1.165) is 13.1 Å². The van der Waals surface area contributed by atoms with E-state index in [4.69, 9.17) is 0 Å². The molecule has 3 heteroatoms. The first kappa shape index (κ1) is 8.20. The molecule has 1 aromatic heterocycles.